The Hall–Kier alpha value is -3.13. The van der Waals surface area contributed by atoms with Crippen molar-refractivity contribution in [2.24, 2.45) is 0 Å². The molecule has 2 amide bonds. The summed E-state index contributed by atoms with van der Waals surface area (Å²) in [6, 6.07) is 6.87. The van der Waals surface area contributed by atoms with E-state index < -0.39 is 5.97 Å². The van der Waals surface area contributed by atoms with E-state index in [1.807, 2.05) is 0 Å². The second kappa shape index (κ2) is 9.38. The van der Waals surface area contributed by atoms with E-state index in [-0.39, 0.29) is 35.7 Å². The Kier molecular flexibility index (Phi) is 6.66. The van der Waals surface area contributed by atoms with E-state index in [0.717, 1.165) is 19.4 Å². The number of ether oxygens (including phenoxy) is 3. The Balaban J connectivity index is 1.57. The molecular weight excluding hydrogens is 376 g/mol. The lowest BCUT2D eigenvalue weighted by Crippen LogP contribution is -2.35. The van der Waals surface area contributed by atoms with Crippen molar-refractivity contribution in [3.8, 4) is 5.75 Å². The van der Waals surface area contributed by atoms with Gasteiger partial charge in [0.2, 0.25) is 0 Å². The summed E-state index contributed by atoms with van der Waals surface area (Å²) in [6.45, 7) is 2.79. The van der Waals surface area contributed by atoms with Gasteiger partial charge in [-0.05, 0) is 43.5 Å². The maximum Gasteiger partial charge on any atom is 0.340 e. The standard InChI is InChI=1S/C21H24N2O6/c1-13-19(21(26)27-2)17(20(25)23-13)10-14-5-7-15(8-6-14)29-12-18(24)22-11-16-4-3-9-28-16/h5-8,10,16H,3-4,9,11-12H2,1-2H3,(H,22,24)(H,23,25)/b17-10-. The quantitative estimate of drug-likeness (QED) is 0.529. The molecule has 0 radical (unpaired) electrons. The number of esters is 1. The van der Waals surface area contributed by atoms with Gasteiger partial charge >= 0.3 is 5.97 Å². The lowest BCUT2D eigenvalue weighted by Gasteiger charge is -2.11. The van der Waals surface area contributed by atoms with Crippen LogP contribution in [0.3, 0.4) is 0 Å². The Morgan fingerprint density at radius 1 is 1.31 bits per heavy atom. The van der Waals surface area contributed by atoms with Crippen LogP contribution < -0.4 is 15.4 Å². The minimum absolute atomic E-state index is 0.0895. The van der Waals surface area contributed by atoms with E-state index >= 15 is 0 Å². The van der Waals surface area contributed by atoms with E-state index in [9.17, 15) is 14.4 Å². The molecule has 1 saturated heterocycles. The number of rotatable bonds is 7. The van der Waals surface area contributed by atoms with E-state index in [0.29, 0.717) is 23.6 Å². The Labute approximate surface area is 168 Å². The zero-order valence-corrected chi connectivity index (χ0v) is 16.4. The number of hydrogen-bond acceptors (Lipinski definition) is 6. The van der Waals surface area contributed by atoms with Crippen LogP contribution in [0.25, 0.3) is 6.08 Å². The summed E-state index contributed by atoms with van der Waals surface area (Å²) in [5.74, 6) is -0.611. The van der Waals surface area contributed by atoms with Crippen molar-refractivity contribution in [1.82, 2.24) is 10.6 Å². The van der Waals surface area contributed by atoms with Crippen LogP contribution in [0.15, 0.2) is 41.1 Å². The number of carbonyl (C=O) groups is 3. The van der Waals surface area contributed by atoms with E-state index in [1.54, 1.807) is 37.3 Å². The largest absolute Gasteiger partial charge is 0.484 e. The SMILES string of the molecule is COC(=O)C1=C(C)NC(=O)/C1=C\c1ccc(OCC(=O)NCC2CCCO2)cc1. The fourth-order valence-corrected chi connectivity index (χ4v) is 3.18. The van der Waals surface area contributed by atoms with Crippen LogP contribution >= 0.6 is 0 Å². The van der Waals surface area contributed by atoms with E-state index in [2.05, 4.69) is 10.6 Å². The molecule has 1 aromatic rings. The monoisotopic (exact) mass is 400 g/mol. The van der Waals surface area contributed by atoms with Gasteiger partial charge in [-0.15, -0.1) is 0 Å². The molecule has 3 rings (SSSR count). The van der Waals surface area contributed by atoms with Gasteiger partial charge in [-0.3, -0.25) is 9.59 Å². The predicted molar refractivity (Wildman–Crippen MR) is 105 cm³/mol. The van der Waals surface area contributed by atoms with Gasteiger partial charge in [0.1, 0.15) is 5.75 Å². The second-order valence-electron chi connectivity index (χ2n) is 6.80. The molecule has 2 aliphatic rings. The molecule has 2 heterocycles. The molecule has 8 heteroatoms. The zero-order valence-electron chi connectivity index (χ0n) is 16.4. The number of allylic oxidation sites excluding steroid dienone is 1. The normalized spacial score (nSPS) is 20.0. The molecule has 0 spiro atoms. The topological polar surface area (TPSA) is 103 Å². The zero-order chi connectivity index (χ0) is 20.8. The van der Waals surface area contributed by atoms with Crippen molar-refractivity contribution in [1.29, 1.82) is 0 Å². The molecular formula is C21H24N2O6. The summed E-state index contributed by atoms with van der Waals surface area (Å²) in [5.41, 5.74) is 1.64. The molecule has 1 fully saturated rings. The lowest BCUT2D eigenvalue weighted by molar-refractivity contribution is -0.136. The summed E-state index contributed by atoms with van der Waals surface area (Å²) >= 11 is 0. The van der Waals surface area contributed by atoms with Crippen molar-refractivity contribution >= 4 is 23.9 Å². The predicted octanol–water partition coefficient (Wildman–Crippen LogP) is 1.32. The van der Waals surface area contributed by atoms with Gasteiger partial charge in [-0.2, -0.15) is 0 Å². The van der Waals surface area contributed by atoms with Gasteiger partial charge in [-0.1, -0.05) is 12.1 Å². The average Bonchev–Trinajstić information content (AvgIpc) is 3.33. The third-order valence-corrected chi connectivity index (χ3v) is 4.69. The highest BCUT2D eigenvalue weighted by molar-refractivity contribution is 6.16. The molecule has 1 unspecified atom stereocenters. The third kappa shape index (κ3) is 5.23. The number of hydrogen-bond donors (Lipinski definition) is 2. The molecule has 8 nitrogen and oxygen atoms in total. The van der Waals surface area contributed by atoms with Gasteiger partial charge in [0.25, 0.3) is 11.8 Å². The highest BCUT2D eigenvalue weighted by Crippen LogP contribution is 2.25. The Morgan fingerprint density at radius 2 is 2.07 bits per heavy atom. The molecule has 0 bridgehead atoms. The van der Waals surface area contributed by atoms with Crippen molar-refractivity contribution < 1.29 is 28.6 Å². The van der Waals surface area contributed by atoms with Gasteiger partial charge in [0, 0.05) is 18.8 Å². The molecule has 1 atom stereocenters. The Bertz CT molecular complexity index is 850. The molecule has 0 aromatic heterocycles. The first-order valence-corrected chi connectivity index (χ1v) is 9.41. The van der Waals surface area contributed by atoms with Crippen molar-refractivity contribution in [3.05, 3.63) is 46.7 Å². The smallest absolute Gasteiger partial charge is 0.340 e. The molecule has 0 aliphatic carbocycles. The molecule has 154 valence electrons. The number of nitrogens with one attached hydrogen (secondary N) is 2. The first-order valence-electron chi connectivity index (χ1n) is 9.41. The lowest BCUT2D eigenvalue weighted by atomic mass is 10.0. The first-order chi connectivity index (χ1) is 14.0. The van der Waals surface area contributed by atoms with Gasteiger partial charge < -0.3 is 24.8 Å². The Morgan fingerprint density at radius 3 is 2.72 bits per heavy atom. The summed E-state index contributed by atoms with van der Waals surface area (Å²) in [4.78, 5) is 35.9. The van der Waals surface area contributed by atoms with Crippen molar-refractivity contribution in [2.45, 2.75) is 25.9 Å². The minimum atomic E-state index is -0.568. The summed E-state index contributed by atoms with van der Waals surface area (Å²) in [5, 5.41) is 5.41. The van der Waals surface area contributed by atoms with Gasteiger partial charge in [-0.25, -0.2) is 4.79 Å². The number of carbonyl (C=O) groups excluding carboxylic acids is 3. The minimum Gasteiger partial charge on any atom is -0.484 e. The first kappa shape index (κ1) is 20.6. The van der Waals surface area contributed by atoms with Gasteiger partial charge in [0.05, 0.1) is 24.4 Å². The molecule has 2 N–H and O–H groups in total. The summed E-state index contributed by atoms with van der Waals surface area (Å²) in [7, 11) is 1.27. The highest BCUT2D eigenvalue weighted by Gasteiger charge is 2.30. The molecule has 29 heavy (non-hydrogen) atoms. The van der Waals surface area contributed by atoms with Crippen LogP contribution in [0.4, 0.5) is 0 Å². The number of amides is 2. The molecule has 2 aliphatic heterocycles. The fraction of sp³-hybridized carbons (Fsp3) is 0.381. The molecule has 0 saturated carbocycles. The van der Waals surface area contributed by atoms with Gasteiger partial charge in [0.15, 0.2) is 6.61 Å². The van der Waals surface area contributed by atoms with Crippen molar-refractivity contribution in [2.75, 3.05) is 26.9 Å². The maximum atomic E-state index is 12.1. The van der Waals surface area contributed by atoms with E-state index in [1.165, 1.54) is 7.11 Å². The molecule has 1 aromatic carbocycles. The van der Waals surface area contributed by atoms with Crippen LogP contribution in [0, 0.1) is 0 Å². The van der Waals surface area contributed by atoms with Crippen molar-refractivity contribution in [3.63, 3.8) is 0 Å². The number of benzene rings is 1. The highest BCUT2D eigenvalue weighted by atomic mass is 16.5. The van der Waals surface area contributed by atoms with Crippen LogP contribution in [-0.2, 0) is 23.9 Å². The van der Waals surface area contributed by atoms with Crippen LogP contribution in [0.1, 0.15) is 25.3 Å². The summed E-state index contributed by atoms with van der Waals surface area (Å²) < 4.78 is 15.7. The fourth-order valence-electron chi connectivity index (χ4n) is 3.18. The van der Waals surface area contributed by atoms with Crippen LogP contribution in [0.5, 0.6) is 5.75 Å². The van der Waals surface area contributed by atoms with Crippen LogP contribution in [-0.4, -0.2) is 50.8 Å². The van der Waals surface area contributed by atoms with E-state index in [4.69, 9.17) is 14.2 Å². The average molecular weight is 400 g/mol. The third-order valence-electron chi connectivity index (χ3n) is 4.69. The van der Waals surface area contributed by atoms with Crippen LogP contribution in [0.2, 0.25) is 0 Å². The number of methoxy groups -OCH3 is 1. The second-order valence-corrected chi connectivity index (χ2v) is 6.80. The maximum absolute atomic E-state index is 12.1. The summed E-state index contributed by atoms with van der Waals surface area (Å²) in [6.07, 6.45) is 3.68.